The summed E-state index contributed by atoms with van der Waals surface area (Å²) in [6.07, 6.45) is 0. The Balaban J connectivity index is 1.15. The molecule has 0 unspecified atom stereocenters. The molecule has 0 amide bonds. The highest BCUT2D eigenvalue weighted by Crippen LogP contribution is 2.51. The summed E-state index contributed by atoms with van der Waals surface area (Å²) < 4.78 is 20.7. The second-order valence-electron chi connectivity index (χ2n) is 16.5. The van der Waals surface area contributed by atoms with Crippen LogP contribution in [0.2, 0.25) is 0 Å². The van der Waals surface area contributed by atoms with Crippen LogP contribution in [-0.2, 0) is 0 Å². The topological polar surface area (TPSA) is 45.9 Å². The number of rotatable bonds is 6. The fourth-order valence-electron chi connectivity index (χ4n) is 9.98. The molecule has 0 saturated carbocycles. The van der Waals surface area contributed by atoms with Crippen LogP contribution in [0.25, 0.3) is 87.4 Å². The summed E-state index contributed by atoms with van der Waals surface area (Å²) in [6, 6.07) is 68.6. The average molecular weight is 811 g/mol. The molecule has 63 heavy (non-hydrogen) atoms. The van der Waals surface area contributed by atoms with E-state index in [2.05, 4.69) is 194 Å². The highest BCUT2D eigenvalue weighted by atomic mass is 16.3. The number of furan rings is 3. The second kappa shape index (κ2) is 13.6. The van der Waals surface area contributed by atoms with Gasteiger partial charge in [-0.15, -0.1) is 0 Å². The van der Waals surface area contributed by atoms with Crippen LogP contribution < -0.4 is 9.80 Å². The maximum Gasteiger partial charge on any atom is 0.159 e. The van der Waals surface area contributed by atoms with Crippen molar-refractivity contribution < 1.29 is 13.3 Å². The zero-order valence-corrected chi connectivity index (χ0v) is 34.6. The van der Waals surface area contributed by atoms with Crippen molar-refractivity contribution in [3.8, 4) is 0 Å². The lowest BCUT2D eigenvalue weighted by atomic mass is 9.98. The molecule has 0 aliphatic carbocycles. The normalized spacial score (nSPS) is 12.0. The largest absolute Gasteiger partial charge is 0.455 e. The Kier molecular flexibility index (Phi) is 7.67. The van der Waals surface area contributed by atoms with Gasteiger partial charge in [-0.2, -0.15) is 0 Å². The van der Waals surface area contributed by atoms with Crippen LogP contribution in [0.1, 0.15) is 11.1 Å². The van der Waals surface area contributed by atoms with E-state index in [1.807, 2.05) is 24.3 Å². The quantitative estimate of drug-likeness (QED) is 0.167. The molecule has 0 spiro atoms. The number of anilines is 6. The van der Waals surface area contributed by atoms with Crippen molar-refractivity contribution in [3.05, 3.63) is 205 Å². The first-order valence-electron chi connectivity index (χ1n) is 21.4. The maximum absolute atomic E-state index is 7.16. The molecule has 10 aromatic carbocycles. The van der Waals surface area contributed by atoms with Crippen molar-refractivity contribution in [3.63, 3.8) is 0 Å². The van der Waals surface area contributed by atoms with Gasteiger partial charge in [0.25, 0.3) is 0 Å². The molecule has 0 aliphatic rings. The van der Waals surface area contributed by atoms with Gasteiger partial charge in [-0.1, -0.05) is 146 Å². The number of nitrogens with zero attached hydrogens (tertiary/aromatic N) is 2. The van der Waals surface area contributed by atoms with Crippen molar-refractivity contribution in [2.75, 3.05) is 9.80 Å². The third-order valence-electron chi connectivity index (χ3n) is 12.9. The minimum absolute atomic E-state index is 0.838. The summed E-state index contributed by atoms with van der Waals surface area (Å²) in [4.78, 5) is 4.76. The smallest absolute Gasteiger partial charge is 0.159 e. The van der Waals surface area contributed by atoms with Crippen LogP contribution >= 0.6 is 0 Å². The third-order valence-corrected chi connectivity index (χ3v) is 12.9. The summed E-state index contributed by atoms with van der Waals surface area (Å²) in [5.74, 6) is 0. The van der Waals surface area contributed by atoms with E-state index in [1.165, 1.54) is 0 Å². The molecule has 0 atom stereocenters. The van der Waals surface area contributed by atoms with Crippen LogP contribution in [0.3, 0.4) is 0 Å². The lowest BCUT2D eigenvalue weighted by Crippen LogP contribution is -2.12. The van der Waals surface area contributed by atoms with Gasteiger partial charge in [-0.05, 0) is 73.5 Å². The third kappa shape index (κ3) is 5.23. The maximum atomic E-state index is 7.16. The van der Waals surface area contributed by atoms with Gasteiger partial charge < -0.3 is 23.1 Å². The van der Waals surface area contributed by atoms with Crippen molar-refractivity contribution in [1.82, 2.24) is 0 Å². The van der Waals surface area contributed by atoms with Crippen molar-refractivity contribution in [2.24, 2.45) is 0 Å². The minimum Gasteiger partial charge on any atom is -0.455 e. The molecule has 0 saturated heterocycles. The molecule has 13 aromatic rings. The molecule has 298 valence electrons. The average Bonchev–Trinajstić information content (AvgIpc) is 4.03. The molecule has 3 heterocycles. The van der Waals surface area contributed by atoms with Gasteiger partial charge in [0, 0.05) is 65.2 Å². The zero-order valence-electron chi connectivity index (χ0n) is 34.6. The van der Waals surface area contributed by atoms with Gasteiger partial charge in [-0.3, -0.25) is 0 Å². The van der Waals surface area contributed by atoms with E-state index in [0.717, 1.165) is 133 Å². The Morgan fingerprint density at radius 3 is 1.03 bits per heavy atom. The molecule has 0 bridgehead atoms. The summed E-state index contributed by atoms with van der Waals surface area (Å²) >= 11 is 0. The fourth-order valence-corrected chi connectivity index (χ4v) is 9.98. The van der Waals surface area contributed by atoms with Gasteiger partial charge >= 0.3 is 0 Å². The van der Waals surface area contributed by atoms with E-state index in [-0.39, 0.29) is 0 Å². The molecular weight excluding hydrogens is 773 g/mol. The zero-order chi connectivity index (χ0) is 41.8. The van der Waals surface area contributed by atoms with Gasteiger partial charge in [0.2, 0.25) is 0 Å². The van der Waals surface area contributed by atoms with Crippen LogP contribution in [-0.4, -0.2) is 0 Å². The van der Waals surface area contributed by atoms with Crippen molar-refractivity contribution >= 4 is 121 Å². The van der Waals surface area contributed by atoms with Gasteiger partial charge in [-0.25, -0.2) is 0 Å². The number of fused-ring (bicyclic) bond motifs is 13. The second-order valence-corrected chi connectivity index (χ2v) is 16.5. The highest BCUT2D eigenvalue weighted by Gasteiger charge is 2.27. The number of hydrogen-bond donors (Lipinski definition) is 0. The van der Waals surface area contributed by atoms with Crippen LogP contribution in [0.15, 0.2) is 207 Å². The first-order chi connectivity index (χ1) is 31.1. The molecule has 13 rings (SSSR count). The number of benzene rings is 10. The predicted molar refractivity (Wildman–Crippen MR) is 262 cm³/mol. The number of aryl methyl sites for hydroxylation is 2. The molecule has 0 aliphatic heterocycles. The molecule has 5 nitrogen and oxygen atoms in total. The molecule has 0 fully saturated rings. The molecule has 5 heteroatoms. The van der Waals surface area contributed by atoms with Gasteiger partial charge in [0.05, 0.1) is 22.7 Å². The van der Waals surface area contributed by atoms with Gasteiger partial charge in [0.1, 0.15) is 22.3 Å². The predicted octanol–water partition coefficient (Wildman–Crippen LogP) is 17.2. The number of hydrogen-bond acceptors (Lipinski definition) is 5. The molecule has 0 radical (unpaired) electrons. The first-order valence-corrected chi connectivity index (χ1v) is 21.4. The summed E-state index contributed by atoms with van der Waals surface area (Å²) in [5.41, 5.74) is 13.5. The van der Waals surface area contributed by atoms with E-state index in [0.29, 0.717) is 0 Å². The Labute approximate surface area is 362 Å². The van der Waals surface area contributed by atoms with E-state index in [4.69, 9.17) is 13.3 Å². The van der Waals surface area contributed by atoms with E-state index in [1.54, 1.807) is 0 Å². The standard InChI is InChI=1S/C58H38N2O3/c1-35-17-3-11-27-47(35)59(49-29-15-25-43-39-21-9-13-31-53(39)61-57(43)49)51-33-45-46-34-52(38-20-6-8-24-42(38)56(46)63-55(45)41-23-7-5-19-37(41)51)60(48-28-12-4-18-36(48)2)50-30-16-26-44-40-22-10-14-32-54(40)62-58(44)50/h3-34H,1-2H3. The van der Waals surface area contributed by atoms with E-state index >= 15 is 0 Å². The Bertz CT molecular complexity index is 3720. The van der Waals surface area contributed by atoms with Crippen LogP contribution in [0.5, 0.6) is 0 Å². The Morgan fingerprint density at radius 2 is 0.587 bits per heavy atom. The minimum atomic E-state index is 0.838. The monoisotopic (exact) mass is 810 g/mol. The molecular formula is C58H38N2O3. The Morgan fingerprint density at radius 1 is 0.254 bits per heavy atom. The van der Waals surface area contributed by atoms with Crippen LogP contribution in [0.4, 0.5) is 34.1 Å². The van der Waals surface area contributed by atoms with Crippen molar-refractivity contribution in [2.45, 2.75) is 13.8 Å². The van der Waals surface area contributed by atoms with Gasteiger partial charge in [0.15, 0.2) is 11.2 Å². The fraction of sp³-hybridized carbons (Fsp3) is 0.0345. The summed E-state index contributed by atoms with van der Waals surface area (Å²) in [7, 11) is 0. The summed E-state index contributed by atoms with van der Waals surface area (Å²) in [6.45, 7) is 4.35. The lowest BCUT2D eigenvalue weighted by molar-refractivity contribution is 0.668. The SMILES string of the molecule is Cc1ccccc1N(c1cc2c3cc(N(c4ccccc4C)c4cccc5c4oc4ccccc45)c4ccccc4c3oc2c2ccccc12)c1cccc2c1oc1ccccc12. The number of para-hydroxylation sites is 6. The lowest BCUT2D eigenvalue weighted by Gasteiger charge is -2.29. The molecule has 3 aromatic heterocycles. The van der Waals surface area contributed by atoms with E-state index in [9.17, 15) is 0 Å². The first kappa shape index (κ1) is 35.5. The van der Waals surface area contributed by atoms with E-state index < -0.39 is 0 Å². The molecule has 0 N–H and O–H groups in total. The highest BCUT2D eigenvalue weighted by molar-refractivity contribution is 6.26. The van der Waals surface area contributed by atoms with Crippen LogP contribution in [0, 0.1) is 13.8 Å². The Hall–Kier alpha value is -8.28. The van der Waals surface area contributed by atoms with Crippen molar-refractivity contribution in [1.29, 1.82) is 0 Å². The summed E-state index contributed by atoms with van der Waals surface area (Å²) in [5, 5.41) is 10.6.